The molecule has 0 atom stereocenters. The largest absolute Gasteiger partial charge is 0.478 e. The van der Waals surface area contributed by atoms with Crippen LogP contribution in [0.1, 0.15) is 35.7 Å². The Hall–Kier alpha value is -2.04. The van der Waals surface area contributed by atoms with E-state index in [0.29, 0.717) is 11.6 Å². The van der Waals surface area contributed by atoms with Crippen molar-refractivity contribution in [3.63, 3.8) is 0 Å². The lowest BCUT2D eigenvalue weighted by molar-refractivity contribution is 0.0697. The summed E-state index contributed by atoms with van der Waals surface area (Å²) < 4.78 is 0. The monoisotopic (exact) mass is 276 g/mol. The highest BCUT2D eigenvalue weighted by Crippen LogP contribution is 2.20. The second-order valence-corrected chi connectivity index (χ2v) is 5.43. The van der Waals surface area contributed by atoms with Crippen molar-refractivity contribution in [2.75, 3.05) is 18.4 Å². The quantitative estimate of drug-likeness (QED) is 0.872. The summed E-state index contributed by atoms with van der Waals surface area (Å²) in [5, 5.41) is 11.8. The molecule has 20 heavy (non-hydrogen) atoms. The molecule has 108 valence electrons. The molecule has 0 saturated carbocycles. The van der Waals surface area contributed by atoms with Crippen LogP contribution in [0.15, 0.2) is 18.2 Å². The normalized spacial score (nSPS) is 16.0. The van der Waals surface area contributed by atoms with Gasteiger partial charge < -0.3 is 15.3 Å². The van der Waals surface area contributed by atoms with E-state index < -0.39 is 5.97 Å². The van der Waals surface area contributed by atoms with Crippen molar-refractivity contribution in [3.8, 4) is 0 Å². The van der Waals surface area contributed by atoms with E-state index >= 15 is 0 Å². The highest BCUT2D eigenvalue weighted by atomic mass is 16.4. The average molecular weight is 276 g/mol. The van der Waals surface area contributed by atoms with Crippen molar-refractivity contribution in [2.45, 2.75) is 26.7 Å². The van der Waals surface area contributed by atoms with Crippen LogP contribution in [0.2, 0.25) is 0 Å². The number of anilines is 1. The summed E-state index contributed by atoms with van der Waals surface area (Å²) in [5.41, 5.74) is 1.60. The molecule has 1 aromatic carbocycles. The van der Waals surface area contributed by atoms with Gasteiger partial charge in [-0.2, -0.15) is 0 Å². The molecule has 1 fully saturated rings. The Bertz CT molecular complexity index is 520. The molecule has 0 spiro atoms. The number of hydrogen-bond donors (Lipinski definition) is 2. The number of hydrogen-bond acceptors (Lipinski definition) is 2. The first-order valence-electron chi connectivity index (χ1n) is 6.87. The van der Waals surface area contributed by atoms with Crippen LogP contribution >= 0.6 is 0 Å². The van der Waals surface area contributed by atoms with Gasteiger partial charge in [-0.1, -0.05) is 13.0 Å². The number of nitrogens with zero attached hydrogens (tertiary/aromatic N) is 1. The molecule has 1 heterocycles. The molecular formula is C15H20N2O3. The van der Waals surface area contributed by atoms with E-state index in [2.05, 4.69) is 12.2 Å². The van der Waals surface area contributed by atoms with Crippen LogP contribution in [-0.2, 0) is 0 Å². The first-order chi connectivity index (χ1) is 9.47. The predicted octanol–water partition coefficient (Wildman–Crippen LogP) is 2.96. The fourth-order valence-electron chi connectivity index (χ4n) is 2.30. The van der Waals surface area contributed by atoms with Crippen molar-refractivity contribution in [3.05, 3.63) is 29.3 Å². The van der Waals surface area contributed by atoms with Crippen molar-refractivity contribution in [1.29, 1.82) is 0 Å². The first-order valence-corrected chi connectivity index (χ1v) is 6.87. The third kappa shape index (κ3) is 3.29. The molecule has 0 aliphatic carbocycles. The number of likely N-dealkylation sites (tertiary alicyclic amines) is 1. The lowest BCUT2D eigenvalue weighted by Crippen LogP contribution is -2.40. The number of carboxylic acid groups (broad SMARTS) is 1. The third-order valence-corrected chi connectivity index (χ3v) is 3.80. The minimum Gasteiger partial charge on any atom is -0.478 e. The van der Waals surface area contributed by atoms with Gasteiger partial charge in [0.05, 0.1) is 5.56 Å². The highest BCUT2D eigenvalue weighted by molar-refractivity contribution is 5.94. The van der Waals surface area contributed by atoms with Gasteiger partial charge in [0.1, 0.15) is 0 Å². The third-order valence-electron chi connectivity index (χ3n) is 3.80. The minimum absolute atomic E-state index is 0.150. The van der Waals surface area contributed by atoms with Gasteiger partial charge in [0.2, 0.25) is 0 Å². The Morgan fingerprint density at radius 2 is 1.95 bits per heavy atom. The molecule has 1 aliphatic rings. The molecule has 0 radical (unpaired) electrons. The minimum atomic E-state index is -0.993. The zero-order valence-electron chi connectivity index (χ0n) is 11.8. The molecule has 0 unspecified atom stereocenters. The Labute approximate surface area is 118 Å². The van der Waals surface area contributed by atoms with Crippen molar-refractivity contribution in [1.82, 2.24) is 4.90 Å². The number of aryl methyl sites for hydroxylation is 1. The summed E-state index contributed by atoms with van der Waals surface area (Å²) in [6.07, 6.45) is 2.03. The van der Waals surface area contributed by atoms with Crippen molar-refractivity contribution in [2.24, 2.45) is 5.92 Å². The van der Waals surface area contributed by atoms with E-state index in [0.717, 1.165) is 31.5 Å². The number of nitrogens with one attached hydrogen (secondary N) is 1. The zero-order valence-corrected chi connectivity index (χ0v) is 11.8. The van der Waals surface area contributed by atoms with Gasteiger partial charge in [-0.05, 0) is 43.4 Å². The second kappa shape index (κ2) is 5.94. The number of carboxylic acids is 1. The van der Waals surface area contributed by atoms with Gasteiger partial charge >= 0.3 is 12.0 Å². The maximum atomic E-state index is 12.2. The van der Waals surface area contributed by atoms with Crippen LogP contribution in [0.4, 0.5) is 10.5 Å². The van der Waals surface area contributed by atoms with E-state index in [1.165, 1.54) is 12.1 Å². The fourth-order valence-corrected chi connectivity index (χ4v) is 2.30. The second-order valence-electron chi connectivity index (χ2n) is 5.43. The van der Waals surface area contributed by atoms with Crippen molar-refractivity contribution < 1.29 is 14.7 Å². The van der Waals surface area contributed by atoms with E-state index in [4.69, 9.17) is 5.11 Å². The molecule has 0 aromatic heterocycles. The molecule has 2 N–H and O–H groups in total. The van der Waals surface area contributed by atoms with Crippen LogP contribution in [0.5, 0.6) is 0 Å². The Morgan fingerprint density at radius 3 is 2.55 bits per heavy atom. The van der Waals surface area contributed by atoms with Gasteiger partial charge in [0.15, 0.2) is 0 Å². The number of carbonyl (C=O) groups is 2. The molecule has 1 aliphatic heterocycles. The van der Waals surface area contributed by atoms with Gasteiger partial charge in [-0.25, -0.2) is 9.59 Å². The fraction of sp³-hybridized carbons (Fsp3) is 0.467. The summed E-state index contributed by atoms with van der Waals surface area (Å²) >= 11 is 0. The van der Waals surface area contributed by atoms with Gasteiger partial charge in [-0.3, -0.25) is 0 Å². The van der Waals surface area contributed by atoms with E-state index in [1.807, 2.05) is 6.92 Å². The van der Waals surface area contributed by atoms with Crippen LogP contribution < -0.4 is 5.32 Å². The van der Waals surface area contributed by atoms with E-state index in [9.17, 15) is 9.59 Å². The molecule has 5 heteroatoms. The summed E-state index contributed by atoms with van der Waals surface area (Å²) in [6, 6.07) is 4.59. The lowest BCUT2D eigenvalue weighted by Gasteiger charge is -2.30. The summed E-state index contributed by atoms with van der Waals surface area (Å²) in [5.74, 6) is -0.330. The smallest absolute Gasteiger partial charge is 0.335 e. The molecule has 2 rings (SSSR count). The maximum absolute atomic E-state index is 12.2. The zero-order chi connectivity index (χ0) is 14.7. The summed E-state index contributed by atoms with van der Waals surface area (Å²) in [6.45, 7) is 5.55. The topological polar surface area (TPSA) is 69.6 Å². The Balaban J connectivity index is 2.07. The van der Waals surface area contributed by atoms with Crippen LogP contribution in [0.3, 0.4) is 0 Å². The summed E-state index contributed by atoms with van der Waals surface area (Å²) in [7, 11) is 0. The van der Waals surface area contributed by atoms with Gasteiger partial charge in [-0.15, -0.1) is 0 Å². The maximum Gasteiger partial charge on any atom is 0.335 e. The number of amides is 2. The SMILES string of the molecule is Cc1ccc(C(=O)O)cc1NC(=O)N1CCC(C)CC1. The predicted molar refractivity (Wildman–Crippen MR) is 77.1 cm³/mol. The molecule has 0 bridgehead atoms. The first kappa shape index (κ1) is 14.4. The number of urea groups is 1. The van der Waals surface area contributed by atoms with Crippen LogP contribution in [-0.4, -0.2) is 35.1 Å². The number of piperidine rings is 1. The number of rotatable bonds is 2. The van der Waals surface area contributed by atoms with Gasteiger partial charge in [0, 0.05) is 18.8 Å². The lowest BCUT2D eigenvalue weighted by atomic mass is 10.00. The van der Waals surface area contributed by atoms with E-state index in [-0.39, 0.29) is 11.6 Å². The number of benzene rings is 1. The van der Waals surface area contributed by atoms with E-state index in [1.54, 1.807) is 11.0 Å². The van der Waals surface area contributed by atoms with Crippen LogP contribution in [0, 0.1) is 12.8 Å². The molecule has 1 saturated heterocycles. The number of aromatic carboxylic acids is 1. The Morgan fingerprint density at radius 1 is 1.30 bits per heavy atom. The van der Waals surface area contributed by atoms with Gasteiger partial charge in [0.25, 0.3) is 0 Å². The Kier molecular flexibility index (Phi) is 4.27. The molecule has 2 amide bonds. The molecular weight excluding hydrogens is 256 g/mol. The highest BCUT2D eigenvalue weighted by Gasteiger charge is 2.20. The van der Waals surface area contributed by atoms with Crippen LogP contribution in [0.25, 0.3) is 0 Å². The summed E-state index contributed by atoms with van der Waals surface area (Å²) in [4.78, 5) is 24.9. The van der Waals surface area contributed by atoms with Crippen molar-refractivity contribution >= 4 is 17.7 Å². The average Bonchev–Trinajstić information content (AvgIpc) is 2.41. The molecule has 1 aromatic rings. The number of carbonyl (C=O) groups excluding carboxylic acids is 1. The molecule has 5 nitrogen and oxygen atoms in total. The standard InChI is InChI=1S/C15H20N2O3/c1-10-5-7-17(8-6-10)15(20)16-13-9-12(14(18)19)4-3-11(13)2/h3-4,9-10H,5-8H2,1-2H3,(H,16,20)(H,18,19).